The zero-order valence-electron chi connectivity index (χ0n) is 26.9. The van der Waals surface area contributed by atoms with Crippen molar-refractivity contribution in [2.45, 2.75) is 44.9 Å². The van der Waals surface area contributed by atoms with E-state index in [9.17, 15) is 14.4 Å². The van der Waals surface area contributed by atoms with Crippen LogP contribution < -0.4 is 10.6 Å². The van der Waals surface area contributed by atoms with Gasteiger partial charge in [0, 0.05) is 29.2 Å². The highest BCUT2D eigenvalue weighted by Gasteiger charge is 2.32. The predicted molar refractivity (Wildman–Crippen MR) is 180 cm³/mol. The van der Waals surface area contributed by atoms with Gasteiger partial charge in [-0.05, 0) is 85.0 Å². The lowest BCUT2D eigenvalue weighted by Gasteiger charge is -2.24. The second kappa shape index (κ2) is 15.3. The van der Waals surface area contributed by atoms with Gasteiger partial charge in [-0.25, -0.2) is 9.59 Å². The third kappa shape index (κ3) is 7.89. The Labute approximate surface area is 275 Å². The number of fused-ring (bicyclic) bond motifs is 3. The Hall–Kier alpha value is -5.39. The highest BCUT2D eigenvalue weighted by atomic mass is 16.5. The van der Waals surface area contributed by atoms with E-state index < -0.39 is 30.1 Å². The van der Waals surface area contributed by atoms with Crippen molar-refractivity contribution in [1.82, 2.24) is 10.6 Å². The van der Waals surface area contributed by atoms with E-state index in [1.807, 2.05) is 74.5 Å². The van der Waals surface area contributed by atoms with Crippen molar-refractivity contribution in [3.05, 3.63) is 130 Å². The standard InChI is InChI=1S/C39H38N2O6/c1-5-46-26(3)29-20-16-27(17-21-29)14-15-28-18-22-30(23-19-28)37(42)41-36(38(43)45-4)25(2)40-39(44)47-24-35-33-12-8-6-10-31(33)32-11-7-9-13-34(32)35/h6-13,16-23,25-26,35-36H,5,24H2,1-4H3,(H,40,44)(H,41,42)/t25-,26?,36+/m1/s1. The Morgan fingerprint density at radius 1 is 0.766 bits per heavy atom. The number of hydrogen-bond acceptors (Lipinski definition) is 6. The maximum atomic E-state index is 13.1. The fraction of sp³-hybridized carbons (Fsp3) is 0.256. The molecule has 0 aliphatic heterocycles. The first kappa shape index (κ1) is 33.0. The third-order valence-corrected chi connectivity index (χ3v) is 8.23. The van der Waals surface area contributed by atoms with E-state index in [1.165, 1.54) is 7.11 Å². The zero-order chi connectivity index (χ0) is 33.3. The Kier molecular flexibility index (Phi) is 10.7. The number of amides is 2. The van der Waals surface area contributed by atoms with Gasteiger partial charge in [-0.15, -0.1) is 0 Å². The summed E-state index contributed by atoms with van der Waals surface area (Å²) in [7, 11) is 1.22. The van der Waals surface area contributed by atoms with Gasteiger partial charge in [-0.2, -0.15) is 0 Å². The van der Waals surface area contributed by atoms with Gasteiger partial charge in [-0.3, -0.25) is 4.79 Å². The molecule has 0 aromatic heterocycles. The number of nitrogens with one attached hydrogen (secondary N) is 2. The Morgan fingerprint density at radius 3 is 1.87 bits per heavy atom. The van der Waals surface area contributed by atoms with Gasteiger partial charge in [0.15, 0.2) is 0 Å². The average molecular weight is 631 g/mol. The average Bonchev–Trinajstić information content (AvgIpc) is 3.42. The molecule has 4 aromatic rings. The molecular weight excluding hydrogens is 592 g/mol. The molecule has 2 N–H and O–H groups in total. The Morgan fingerprint density at radius 2 is 1.32 bits per heavy atom. The number of carbonyl (C=O) groups is 3. The van der Waals surface area contributed by atoms with E-state index in [2.05, 4.69) is 34.6 Å². The number of hydrogen-bond donors (Lipinski definition) is 2. The van der Waals surface area contributed by atoms with E-state index in [1.54, 1.807) is 31.2 Å². The molecule has 2 amide bonds. The van der Waals surface area contributed by atoms with Crippen LogP contribution in [0.5, 0.6) is 0 Å². The first-order valence-corrected chi connectivity index (χ1v) is 15.6. The first-order chi connectivity index (χ1) is 22.8. The SMILES string of the molecule is CCOC(C)c1ccc(C#Cc2ccc(C(=O)N[C@H](C(=O)OC)[C@@H](C)NC(=O)OCC3c4ccccc4-c4ccccc43)cc2)cc1. The van der Waals surface area contributed by atoms with Crippen LogP contribution in [0.15, 0.2) is 97.1 Å². The number of esters is 1. The van der Waals surface area contributed by atoms with E-state index in [-0.39, 0.29) is 18.6 Å². The minimum atomic E-state index is -1.15. The molecule has 0 heterocycles. The molecule has 0 saturated carbocycles. The van der Waals surface area contributed by atoms with Gasteiger partial charge in [-0.1, -0.05) is 72.5 Å². The Balaban J connectivity index is 1.17. The maximum Gasteiger partial charge on any atom is 0.407 e. The summed E-state index contributed by atoms with van der Waals surface area (Å²) in [6.45, 7) is 6.35. The molecule has 0 saturated heterocycles. The monoisotopic (exact) mass is 630 g/mol. The molecule has 0 bridgehead atoms. The van der Waals surface area contributed by atoms with Crippen molar-refractivity contribution in [2.75, 3.05) is 20.3 Å². The van der Waals surface area contributed by atoms with Gasteiger partial charge in [0.2, 0.25) is 0 Å². The van der Waals surface area contributed by atoms with E-state index in [0.29, 0.717) is 12.2 Å². The van der Waals surface area contributed by atoms with Gasteiger partial charge in [0.1, 0.15) is 12.6 Å². The van der Waals surface area contributed by atoms with Gasteiger partial charge in [0.25, 0.3) is 5.91 Å². The molecule has 4 aromatic carbocycles. The van der Waals surface area contributed by atoms with Crippen LogP contribution in [0.2, 0.25) is 0 Å². The van der Waals surface area contributed by atoms with Crippen molar-refractivity contribution in [3.8, 4) is 23.0 Å². The van der Waals surface area contributed by atoms with Crippen LogP contribution in [0.25, 0.3) is 11.1 Å². The summed E-state index contributed by atoms with van der Waals surface area (Å²) < 4.78 is 16.2. The highest BCUT2D eigenvalue weighted by Crippen LogP contribution is 2.44. The molecule has 8 nitrogen and oxygen atoms in total. The maximum absolute atomic E-state index is 13.1. The van der Waals surface area contributed by atoms with Crippen LogP contribution in [-0.4, -0.2) is 50.4 Å². The topological polar surface area (TPSA) is 103 Å². The minimum Gasteiger partial charge on any atom is -0.467 e. The van der Waals surface area contributed by atoms with Crippen molar-refractivity contribution >= 4 is 18.0 Å². The quantitative estimate of drug-likeness (QED) is 0.156. The molecule has 1 aliphatic carbocycles. The normalized spacial score (nSPS) is 13.5. The number of methoxy groups -OCH3 is 1. The van der Waals surface area contributed by atoms with E-state index in [0.717, 1.165) is 38.9 Å². The second-order valence-corrected chi connectivity index (χ2v) is 11.3. The van der Waals surface area contributed by atoms with Crippen molar-refractivity contribution in [1.29, 1.82) is 0 Å². The summed E-state index contributed by atoms with van der Waals surface area (Å²) in [4.78, 5) is 38.6. The van der Waals surface area contributed by atoms with Crippen molar-refractivity contribution < 1.29 is 28.6 Å². The van der Waals surface area contributed by atoms with Gasteiger partial charge >= 0.3 is 12.1 Å². The number of rotatable bonds is 10. The molecule has 240 valence electrons. The molecule has 1 aliphatic rings. The first-order valence-electron chi connectivity index (χ1n) is 15.6. The summed E-state index contributed by atoms with van der Waals surface area (Å²) in [5, 5.41) is 5.36. The molecule has 1 unspecified atom stereocenters. The van der Waals surface area contributed by atoms with Crippen molar-refractivity contribution in [3.63, 3.8) is 0 Å². The lowest BCUT2D eigenvalue weighted by molar-refractivity contribution is -0.143. The number of alkyl carbamates (subject to hydrolysis) is 1. The smallest absolute Gasteiger partial charge is 0.407 e. The molecule has 5 rings (SSSR count). The molecule has 0 radical (unpaired) electrons. The molecule has 0 spiro atoms. The third-order valence-electron chi connectivity index (χ3n) is 8.23. The summed E-state index contributed by atoms with van der Waals surface area (Å²) in [5.74, 6) is 4.92. The summed E-state index contributed by atoms with van der Waals surface area (Å²) in [5.41, 5.74) is 7.42. The number of carbonyl (C=O) groups excluding carboxylic acids is 3. The zero-order valence-corrected chi connectivity index (χ0v) is 26.9. The number of benzene rings is 4. The largest absolute Gasteiger partial charge is 0.467 e. The predicted octanol–water partition coefficient (Wildman–Crippen LogP) is 6.38. The summed E-state index contributed by atoms with van der Waals surface area (Å²) >= 11 is 0. The molecule has 3 atom stereocenters. The fourth-order valence-electron chi connectivity index (χ4n) is 5.68. The van der Waals surface area contributed by atoms with Crippen molar-refractivity contribution in [2.24, 2.45) is 0 Å². The van der Waals surface area contributed by atoms with Crippen LogP contribution in [0.1, 0.15) is 71.0 Å². The molecule has 8 heteroatoms. The van der Waals surface area contributed by atoms with E-state index in [4.69, 9.17) is 14.2 Å². The summed E-state index contributed by atoms with van der Waals surface area (Å²) in [6.07, 6.45) is -0.685. The summed E-state index contributed by atoms with van der Waals surface area (Å²) in [6, 6.07) is 28.8. The van der Waals surface area contributed by atoms with Crippen LogP contribution in [0, 0.1) is 11.8 Å². The van der Waals surface area contributed by atoms with E-state index >= 15 is 0 Å². The fourth-order valence-corrected chi connectivity index (χ4v) is 5.68. The molecule has 0 fully saturated rings. The van der Waals surface area contributed by atoms with Gasteiger partial charge < -0.3 is 24.8 Å². The second-order valence-electron chi connectivity index (χ2n) is 11.3. The minimum absolute atomic E-state index is 0.0196. The van der Waals surface area contributed by atoms with Gasteiger partial charge in [0.05, 0.1) is 19.3 Å². The Bertz CT molecular complexity index is 1740. The van der Waals surface area contributed by atoms with Crippen LogP contribution >= 0.6 is 0 Å². The van der Waals surface area contributed by atoms with Crippen LogP contribution in [0.4, 0.5) is 4.79 Å². The van der Waals surface area contributed by atoms with Crippen LogP contribution in [-0.2, 0) is 19.0 Å². The lowest BCUT2D eigenvalue weighted by Crippen LogP contribution is -2.54. The molecule has 47 heavy (non-hydrogen) atoms. The lowest BCUT2D eigenvalue weighted by atomic mass is 9.98. The molecular formula is C39H38N2O6. The number of ether oxygens (including phenoxy) is 3. The van der Waals surface area contributed by atoms with Crippen LogP contribution in [0.3, 0.4) is 0 Å². The highest BCUT2D eigenvalue weighted by molar-refractivity contribution is 5.97.